The first-order valence-corrected chi connectivity index (χ1v) is 7.41. The highest BCUT2D eigenvalue weighted by molar-refractivity contribution is 5.53. The summed E-state index contributed by atoms with van der Waals surface area (Å²) in [5, 5.41) is 0. The number of likely N-dealkylation sites (tertiary alicyclic amines) is 1. The van der Waals surface area contributed by atoms with E-state index in [2.05, 4.69) is 71.6 Å². The molecule has 0 saturated carbocycles. The van der Waals surface area contributed by atoms with Crippen LogP contribution in [0.3, 0.4) is 0 Å². The zero-order chi connectivity index (χ0) is 13.6. The van der Waals surface area contributed by atoms with Crippen molar-refractivity contribution in [1.82, 2.24) is 4.90 Å². The van der Waals surface area contributed by atoms with Gasteiger partial charge in [0.1, 0.15) is 0 Å². The molecule has 2 aromatic rings. The Balaban J connectivity index is 1.66. The normalized spacial score (nSPS) is 18.3. The van der Waals surface area contributed by atoms with E-state index in [-0.39, 0.29) is 0 Å². The van der Waals surface area contributed by atoms with Crippen LogP contribution in [-0.4, -0.2) is 18.0 Å². The Morgan fingerprint density at radius 1 is 0.900 bits per heavy atom. The van der Waals surface area contributed by atoms with E-state index in [1.165, 1.54) is 30.5 Å². The molecule has 2 aromatic carbocycles. The van der Waals surface area contributed by atoms with Crippen LogP contribution in [0.15, 0.2) is 66.2 Å². The number of hydrogen-bond acceptors (Lipinski definition) is 1. The third-order valence-corrected chi connectivity index (χ3v) is 3.82. The number of hydrogen-bond donors (Lipinski definition) is 0. The lowest BCUT2D eigenvalue weighted by molar-refractivity contribution is 0.259. The lowest BCUT2D eigenvalue weighted by atomic mass is 10.0. The van der Waals surface area contributed by atoms with Crippen LogP contribution in [0.4, 0.5) is 0 Å². The van der Waals surface area contributed by atoms with E-state index in [0.717, 1.165) is 13.1 Å². The summed E-state index contributed by atoms with van der Waals surface area (Å²) in [5.41, 5.74) is 4.29. The fourth-order valence-corrected chi connectivity index (χ4v) is 2.85. The third-order valence-electron chi connectivity index (χ3n) is 3.82. The van der Waals surface area contributed by atoms with Gasteiger partial charge in [0, 0.05) is 13.1 Å². The van der Waals surface area contributed by atoms with Crippen molar-refractivity contribution in [2.24, 2.45) is 0 Å². The molecule has 0 aromatic heterocycles. The van der Waals surface area contributed by atoms with Gasteiger partial charge in [-0.2, -0.15) is 0 Å². The van der Waals surface area contributed by atoms with E-state index < -0.39 is 0 Å². The summed E-state index contributed by atoms with van der Waals surface area (Å²) in [7, 11) is 0. The maximum atomic E-state index is 2.55. The smallest absolute Gasteiger partial charge is 0.0237 e. The van der Waals surface area contributed by atoms with E-state index in [0.29, 0.717) is 0 Å². The quantitative estimate of drug-likeness (QED) is 0.795. The Bertz CT molecular complexity index is 557. The number of rotatable bonds is 3. The topological polar surface area (TPSA) is 3.24 Å². The van der Waals surface area contributed by atoms with Gasteiger partial charge in [-0.05, 0) is 30.5 Å². The summed E-state index contributed by atoms with van der Waals surface area (Å²) in [6, 6.07) is 21.4. The zero-order valence-corrected chi connectivity index (χ0v) is 11.8. The number of nitrogens with zero attached hydrogens (tertiary/aromatic N) is 1. The molecular formula is C19H21N. The third kappa shape index (κ3) is 3.58. The van der Waals surface area contributed by atoms with Gasteiger partial charge in [0.05, 0.1) is 0 Å². The molecule has 0 bridgehead atoms. The summed E-state index contributed by atoms with van der Waals surface area (Å²) in [6.45, 7) is 3.37. The van der Waals surface area contributed by atoms with Crippen LogP contribution in [-0.2, 0) is 6.54 Å². The van der Waals surface area contributed by atoms with Crippen molar-refractivity contribution < 1.29 is 0 Å². The molecule has 0 amide bonds. The number of benzene rings is 2. The predicted octanol–water partition coefficient (Wildman–Crippen LogP) is 4.37. The molecule has 0 unspecified atom stereocenters. The van der Waals surface area contributed by atoms with Gasteiger partial charge in [0.25, 0.3) is 0 Å². The fourth-order valence-electron chi connectivity index (χ4n) is 2.85. The minimum atomic E-state index is 1.06. The minimum absolute atomic E-state index is 1.06. The van der Waals surface area contributed by atoms with Gasteiger partial charge < -0.3 is 0 Å². The standard InChI is InChI=1S/C19H21N/c1-3-8-17(9-4-1)14-19-12-7-13-20(16-19)15-18-10-5-2-6-11-18/h1-6,8-11,14H,7,12-13,15-16H2/b19-14-. The molecule has 20 heavy (non-hydrogen) atoms. The Kier molecular flexibility index (Phi) is 4.29. The van der Waals surface area contributed by atoms with Gasteiger partial charge in [-0.25, -0.2) is 0 Å². The molecule has 0 aliphatic carbocycles. The molecule has 1 fully saturated rings. The van der Waals surface area contributed by atoms with Crippen LogP contribution in [0.2, 0.25) is 0 Å². The van der Waals surface area contributed by atoms with E-state index in [4.69, 9.17) is 0 Å². The Morgan fingerprint density at radius 2 is 1.60 bits per heavy atom. The molecule has 1 heteroatoms. The van der Waals surface area contributed by atoms with Gasteiger partial charge in [0.2, 0.25) is 0 Å². The molecule has 1 aliphatic rings. The lowest BCUT2D eigenvalue weighted by Crippen LogP contribution is -2.30. The molecular weight excluding hydrogens is 242 g/mol. The molecule has 3 rings (SSSR count). The van der Waals surface area contributed by atoms with Crippen molar-refractivity contribution in [3.63, 3.8) is 0 Å². The van der Waals surface area contributed by atoms with E-state index in [9.17, 15) is 0 Å². The van der Waals surface area contributed by atoms with Gasteiger partial charge in [-0.15, -0.1) is 0 Å². The summed E-state index contributed by atoms with van der Waals surface area (Å²) >= 11 is 0. The van der Waals surface area contributed by atoms with Crippen molar-refractivity contribution in [3.8, 4) is 0 Å². The molecule has 1 heterocycles. The highest BCUT2D eigenvalue weighted by Gasteiger charge is 2.14. The average molecular weight is 263 g/mol. The second-order valence-electron chi connectivity index (χ2n) is 5.51. The van der Waals surface area contributed by atoms with Gasteiger partial charge in [0.15, 0.2) is 0 Å². The SMILES string of the molecule is C(=C1\CCCN(Cc2ccccc2)C1)/c1ccccc1. The van der Waals surface area contributed by atoms with Crippen LogP contribution in [0.25, 0.3) is 6.08 Å². The molecule has 1 nitrogen and oxygen atoms in total. The minimum Gasteiger partial charge on any atom is -0.295 e. The van der Waals surface area contributed by atoms with Crippen LogP contribution in [0.5, 0.6) is 0 Å². The van der Waals surface area contributed by atoms with E-state index in [1.54, 1.807) is 5.57 Å². The van der Waals surface area contributed by atoms with Crippen molar-refractivity contribution in [3.05, 3.63) is 77.4 Å². The highest BCUT2D eigenvalue weighted by atomic mass is 15.1. The number of piperidine rings is 1. The second-order valence-corrected chi connectivity index (χ2v) is 5.51. The summed E-state index contributed by atoms with van der Waals surface area (Å²) in [5.74, 6) is 0. The predicted molar refractivity (Wildman–Crippen MR) is 85.4 cm³/mol. The second kappa shape index (κ2) is 6.53. The van der Waals surface area contributed by atoms with Crippen molar-refractivity contribution >= 4 is 6.08 Å². The molecule has 1 aliphatic heterocycles. The fraction of sp³-hybridized carbons (Fsp3) is 0.263. The summed E-state index contributed by atoms with van der Waals surface area (Å²) < 4.78 is 0. The van der Waals surface area contributed by atoms with Gasteiger partial charge in [-0.3, -0.25) is 4.90 Å². The monoisotopic (exact) mass is 263 g/mol. The van der Waals surface area contributed by atoms with Crippen molar-refractivity contribution in [2.45, 2.75) is 19.4 Å². The molecule has 0 spiro atoms. The Morgan fingerprint density at radius 3 is 2.35 bits per heavy atom. The first-order chi connectivity index (χ1) is 9.90. The summed E-state index contributed by atoms with van der Waals surface area (Å²) in [6.07, 6.45) is 4.86. The maximum Gasteiger partial charge on any atom is 0.0237 e. The van der Waals surface area contributed by atoms with Crippen LogP contribution < -0.4 is 0 Å². The first-order valence-electron chi connectivity index (χ1n) is 7.41. The molecule has 0 radical (unpaired) electrons. The van der Waals surface area contributed by atoms with Crippen LogP contribution in [0, 0.1) is 0 Å². The summed E-state index contributed by atoms with van der Waals surface area (Å²) in [4.78, 5) is 2.55. The van der Waals surface area contributed by atoms with E-state index in [1.807, 2.05) is 0 Å². The van der Waals surface area contributed by atoms with Crippen LogP contribution in [0.1, 0.15) is 24.0 Å². The largest absolute Gasteiger partial charge is 0.295 e. The lowest BCUT2D eigenvalue weighted by Gasteiger charge is -2.28. The molecule has 0 atom stereocenters. The van der Waals surface area contributed by atoms with Gasteiger partial charge in [-0.1, -0.05) is 72.3 Å². The average Bonchev–Trinajstić information content (AvgIpc) is 2.50. The molecule has 0 N–H and O–H groups in total. The van der Waals surface area contributed by atoms with Gasteiger partial charge >= 0.3 is 0 Å². The first kappa shape index (κ1) is 13.1. The maximum absolute atomic E-state index is 2.55. The molecule has 102 valence electrons. The van der Waals surface area contributed by atoms with Crippen LogP contribution >= 0.6 is 0 Å². The van der Waals surface area contributed by atoms with Crippen molar-refractivity contribution in [1.29, 1.82) is 0 Å². The zero-order valence-electron chi connectivity index (χ0n) is 11.8. The Hall–Kier alpha value is -1.86. The highest BCUT2D eigenvalue weighted by Crippen LogP contribution is 2.20. The van der Waals surface area contributed by atoms with E-state index >= 15 is 0 Å². The Labute approximate surface area is 121 Å². The van der Waals surface area contributed by atoms with Crippen molar-refractivity contribution in [2.75, 3.05) is 13.1 Å². The molecule has 1 saturated heterocycles.